The molecule has 0 heteroatoms. The smallest absolute Gasteiger partial charge is 0.0277 e. The van der Waals surface area contributed by atoms with Crippen molar-refractivity contribution >= 4 is 0 Å². The van der Waals surface area contributed by atoms with Crippen molar-refractivity contribution in [1.29, 1.82) is 0 Å². The third-order valence-corrected chi connectivity index (χ3v) is 5.14. The van der Waals surface area contributed by atoms with E-state index in [1.165, 1.54) is 12.8 Å². The molecule has 0 aromatic rings. The van der Waals surface area contributed by atoms with E-state index in [1.54, 1.807) is 0 Å². The Kier molecular flexibility index (Phi) is 4.35. The molecule has 0 bridgehead atoms. The Morgan fingerprint density at radius 3 is 1.25 bits per heavy atom. The summed E-state index contributed by atoms with van der Waals surface area (Å²) in [6.07, 6.45) is 2.44. The summed E-state index contributed by atoms with van der Waals surface area (Å²) >= 11 is 0. The van der Waals surface area contributed by atoms with Crippen molar-refractivity contribution < 1.29 is 0 Å². The maximum Gasteiger partial charge on any atom is -0.0277 e. The van der Waals surface area contributed by atoms with Crippen LogP contribution in [0.1, 0.15) is 75.2 Å². The van der Waals surface area contributed by atoms with Crippen molar-refractivity contribution in [2.24, 2.45) is 21.7 Å². The fourth-order valence-electron chi connectivity index (χ4n) is 1.34. The molecule has 0 amide bonds. The van der Waals surface area contributed by atoms with Gasteiger partial charge in [0.25, 0.3) is 0 Å². The summed E-state index contributed by atoms with van der Waals surface area (Å²) < 4.78 is 0. The Balaban J connectivity index is 4.59. The van der Waals surface area contributed by atoms with Crippen LogP contribution in [0.3, 0.4) is 0 Å². The van der Waals surface area contributed by atoms with Gasteiger partial charge < -0.3 is 0 Å². The fourth-order valence-corrected chi connectivity index (χ4v) is 1.34. The highest BCUT2D eigenvalue weighted by atomic mass is 14.4. The number of rotatable bonds is 3. The van der Waals surface area contributed by atoms with E-state index in [1.807, 2.05) is 0 Å². The van der Waals surface area contributed by atoms with E-state index in [2.05, 4.69) is 69.2 Å². The lowest BCUT2D eigenvalue weighted by molar-refractivity contribution is 0.0716. The predicted molar refractivity (Wildman–Crippen MR) is 75.4 cm³/mol. The molecule has 0 aliphatic carbocycles. The second-order valence-corrected chi connectivity index (χ2v) is 8.44. The van der Waals surface area contributed by atoms with Gasteiger partial charge in [-0.05, 0) is 41.4 Å². The third kappa shape index (κ3) is 3.79. The Labute approximate surface area is 104 Å². The molecule has 0 aromatic heterocycles. The Morgan fingerprint density at radius 2 is 1.00 bits per heavy atom. The van der Waals surface area contributed by atoms with E-state index in [9.17, 15) is 0 Å². The van der Waals surface area contributed by atoms with Gasteiger partial charge in [0.2, 0.25) is 0 Å². The standard InChI is InChI=1S/C16H33/c1-13(2,3)15(7,8)11-12-16(9,10)14(4,5)6/h7,11-12H2,1-6,8-10H3. The lowest BCUT2D eigenvalue weighted by atomic mass is 9.61. The van der Waals surface area contributed by atoms with Crippen LogP contribution < -0.4 is 0 Å². The van der Waals surface area contributed by atoms with Crippen LogP contribution in [0.2, 0.25) is 0 Å². The van der Waals surface area contributed by atoms with E-state index < -0.39 is 0 Å². The Bertz CT molecular complexity index is 191. The van der Waals surface area contributed by atoms with E-state index in [0.29, 0.717) is 10.8 Å². The van der Waals surface area contributed by atoms with Gasteiger partial charge in [-0.2, -0.15) is 0 Å². The van der Waals surface area contributed by atoms with Crippen LogP contribution >= 0.6 is 0 Å². The minimum absolute atomic E-state index is 0.162. The molecule has 1 radical (unpaired) electrons. The van der Waals surface area contributed by atoms with Gasteiger partial charge in [0.15, 0.2) is 0 Å². The van der Waals surface area contributed by atoms with Gasteiger partial charge >= 0.3 is 0 Å². The van der Waals surface area contributed by atoms with Crippen LogP contribution in [0.25, 0.3) is 0 Å². The first-order valence-electron chi connectivity index (χ1n) is 6.56. The first kappa shape index (κ1) is 16.0. The third-order valence-electron chi connectivity index (χ3n) is 5.14. The number of hydrogen-bond acceptors (Lipinski definition) is 0. The van der Waals surface area contributed by atoms with Crippen molar-refractivity contribution in [3.05, 3.63) is 6.92 Å². The first-order chi connectivity index (χ1) is 6.71. The molecule has 97 valence electrons. The van der Waals surface area contributed by atoms with Crippen LogP contribution in [0.5, 0.6) is 0 Å². The molecule has 0 heterocycles. The molecule has 0 fully saturated rings. The molecule has 0 N–H and O–H groups in total. The van der Waals surface area contributed by atoms with Crippen LogP contribution in [0, 0.1) is 28.6 Å². The maximum absolute atomic E-state index is 4.43. The SMILES string of the molecule is [CH2]C(C)(CCC(C)(C)C(C)(C)C)C(C)(C)C. The summed E-state index contributed by atoms with van der Waals surface area (Å²) in [5.74, 6) is 0. The van der Waals surface area contributed by atoms with Gasteiger partial charge in [-0.1, -0.05) is 62.3 Å². The predicted octanol–water partition coefficient (Wildman–Crippen LogP) is 5.73. The average molecular weight is 225 g/mol. The molecule has 1 atom stereocenters. The molecular formula is C16H33. The zero-order valence-corrected chi connectivity index (χ0v) is 13.1. The zero-order chi connectivity index (χ0) is 13.4. The van der Waals surface area contributed by atoms with Crippen LogP contribution in [-0.4, -0.2) is 0 Å². The Morgan fingerprint density at radius 1 is 0.625 bits per heavy atom. The van der Waals surface area contributed by atoms with Gasteiger partial charge in [0, 0.05) is 0 Å². The van der Waals surface area contributed by atoms with Crippen molar-refractivity contribution in [2.45, 2.75) is 75.2 Å². The quantitative estimate of drug-likeness (QED) is 0.576. The van der Waals surface area contributed by atoms with E-state index in [4.69, 9.17) is 0 Å². The van der Waals surface area contributed by atoms with Gasteiger partial charge in [-0.3, -0.25) is 0 Å². The largest absolute Gasteiger partial charge is 0.0597 e. The molecule has 16 heavy (non-hydrogen) atoms. The van der Waals surface area contributed by atoms with Gasteiger partial charge in [-0.15, -0.1) is 0 Å². The van der Waals surface area contributed by atoms with Crippen LogP contribution in [-0.2, 0) is 0 Å². The highest BCUT2D eigenvalue weighted by molar-refractivity contribution is 4.92. The topological polar surface area (TPSA) is 0 Å². The zero-order valence-electron chi connectivity index (χ0n) is 13.1. The molecule has 0 rings (SSSR count). The van der Waals surface area contributed by atoms with Gasteiger partial charge in [-0.25, -0.2) is 0 Å². The minimum atomic E-state index is 0.162. The summed E-state index contributed by atoms with van der Waals surface area (Å²) in [5, 5.41) is 0. The molecule has 0 spiro atoms. The Hall–Kier alpha value is 0. The molecule has 1 unspecified atom stereocenters. The molecule has 0 saturated heterocycles. The highest BCUT2D eigenvalue weighted by Gasteiger charge is 2.38. The van der Waals surface area contributed by atoms with Crippen molar-refractivity contribution in [3.8, 4) is 0 Å². The summed E-state index contributed by atoms with van der Waals surface area (Å²) in [5.41, 5.74) is 1.18. The van der Waals surface area contributed by atoms with Gasteiger partial charge in [0.05, 0.1) is 0 Å². The summed E-state index contributed by atoms with van der Waals surface area (Å²) in [6, 6.07) is 0. The normalized spacial score (nSPS) is 15.4. The van der Waals surface area contributed by atoms with Gasteiger partial charge in [0.1, 0.15) is 0 Å². The molecule has 0 aromatic carbocycles. The minimum Gasteiger partial charge on any atom is -0.0597 e. The van der Waals surface area contributed by atoms with Crippen molar-refractivity contribution in [1.82, 2.24) is 0 Å². The van der Waals surface area contributed by atoms with Crippen LogP contribution in [0.4, 0.5) is 0 Å². The molecule has 0 nitrogen and oxygen atoms in total. The maximum atomic E-state index is 4.43. The highest BCUT2D eigenvalue weighted by Crippen LogP contribution is 2.48. The molecule has 0 aliphatic heterocycles. The van der Waals surface area contributed by atoms with E-state index in [0.717, 1.165) is 0 Å². The van der Waals surface area contributed by atoms with E-state index >= 15 is 0 Å². The summed E-state index contributed by atoms with van der Waals surface area (Å²) in [7, 11) is 0. The van der Waals surface area contributed by atoms with E-state index in [-0.39, 0.29) is 10.8 Å². The second-order valence-electron chi connectivity index (χ2n) is 8.44. The molecule has 0 saturated carbocycles. The van der Waals surface area contributed by atoms with Crippen LogP contribution in [0.15, 0.2) is 0 Å². The lowest BCUT2D eigenvalue weighted by Gasteiger charge is -2.44. The summed E-state index contributed by atoms with van der Waals surface area (Å²) in [4.78, 5) is 0. The summed E-state index contributed by atoms with van der Waals surface area (Å²) in [6.45, 7) is 25.4. The van der Waals surface area contributed by atoms with Crippen molar-refractivity contribution in [3.63, 3.8) is 0 Å². The number of hydrogen-bond donors (Lipinski definition) is 0. The van der Waals surface area contributed by atoms with Crippen molar-refractivity contribution in [2.75, 3.05) is 0 Å². The monoisotopic (exact) mass is 225 g/mol. The molecule has 0 aliphatic rings. The molecular weight excluding hydrogens is 192 g/mol. The average Bonchev–Trinajstić information content (AvgIpc) is 1.97. The lowest BCUT2D eigenvalue weighted by Crippen LogP contribution is -2.35. The second kappa shape index (κ2) is 4.35. The fraction of sp³-hybridized carbons (Fsp3) is 0.938. The first-order valence-corrected chi connectivity index (χ1v) is 6.56.